The van der Waals surface area contributed by atoms with Crippen molar-refractivity contribution >= 4 is 18.3 Å². The van der Waals surface area contributed by atoms with Gasteiger partial charge in [-0.05, 0) is 44.2 Å². The van der Waals surface area contributed by atoms with Crippen molar-refractivity contribution in [2.45, 2.75) is 57.4 Å². The summed E-state index contributed by atoms with van der Waals surface area (Å²) in [6, 6.07) is 0.487. The van der Waals surface area contributed by atoms with Gasteiger partial charge in [0, 0.05) is 19.0 Å². The molecule has 0 bridgehead atoms. The minimum atomic E-state index is 0. The maximum atomic E-state index is 12.6. The van der Waals surface area contributed by atoms with E-state index in [2.05, 4.69) is 10.2 Å². The third kappa shape index (κ3) is 3.48. The van der Waals surface area contributed by atoms with Crippen LogP contribution in [0.3, 0.4) is 0 Å². The summed E-state index contributed by atoms with van der Waals surface area (Å²) >= 11 is 0. The molecule has 0 aromatic rings. The van der Waals surface area contributed by atoms with E-state index < -0.39 is 0 Å². The number of halogens is 1. The Morgan fingerprint density at radius 1 is 1.05 bits per heavy atom. The van der Waals surface area contributed by atoms with Crippen LogP contribution in [0.4, 0.5) is 0 Å². The number of piperidine rings is 1. The fourth-order valence-corrected chi connectivity index (χ4v) is 4.22. The number of carbonyl (C=O) groups excluding carboxylic acids is 1. The first kappa shape index (κ1) is 16.1. The second kappa shape index (κ2) is 7.13. The van der Waals surface area contributed by atoms with Gasteiger partial charge in [0.1, 0.15) is 0 Å². The van der Waals surface area contributed by atoms with Crippen molar-refractivity contribution in [1.82, 2.24) is 10.2 Å². The largest absolute Gasteiger partial charge is 0.342 e. The van der Waals surface area contributed by atoms with Crippen molar-refractivity contribution in [2.75, 3.05) is 20.1 Å². The lowest BCUT2D eigenvalue weighted by molar-refractivity contribution is -0.134. The highest BCUT2D eigenvalue weighted by molar-refractivity contribution is 5.85. The highest BCUT2D eigenvalue weighted by atomic mass is 35.5. The van der Waals surface area contributed by atoms with Crippen LogP contribution in [-0.4, -0.2) is 37.0 Å². The zero-order chi connectivity index (χ0) is 13.2. The van der Waals surface area contributed by atoms with Crippen molar-refractivity contribution in [3.63, 3.8) is 0 Å². The van der Waals surface area contributed by atoms with E-state index in [1.807, 2.05) is 7.05 Å². The Balaban J connectivity index is 0.00000147. The van der Waals surface area contributed by atoms with Crippen LogP contribution < -0.4 is 5.32 Å². The Labute approximate surface area is 129 Å². The summed E-state index contributed by atoms with van der Waals surface area (Å²) in [6.45, 7) is 2.14. The minimum absolute atomic E-state index is 0. The molecule has 3 fully saturated rings. The summed E-state index contributed by atoms with van der Waals surface area (Å²) in [5.74, 6) is 2.42. The second-order valence-corrected chi connectivity index (χ2v) is 6.83. The third-order valence-corrected chi connectivity index (χ3v) is 5.62. The van der Waals surface area contributed by atoms with Crippen molar-refractivity contribution < 1.29 is 4.79 Å². The molecule has 20 heavy (non-hydrogen) atoms. The zero-order valence-corrected chi connectivity index (χ0v) is 13.5. The fraction of sp³-hybridized carbons (Fsp3) is 0.938. The molecular weight excluding hydrogens is 272 g/mol. The molecule has 0 radical (unpaired) electrons. The molecular formula is C16H29ClN2O. The molecule has 2 atom stereocenters. The second-order valence-electron chi connectivity index (χ2n) is 6.83. The molecule has 0 aromatic heterocycles. The van der Waals surface area contributed by atoms with Crippen LogP contribution in [0.5, 0.6) is 0 Å². The number of carbonyl (C=O) groups is 1. The lowest BCUT2D eigenvalue weighted by Crippen LogP contribution is -2.44. The molecule has 1 aliphatic heterocycles. The van der Waals surface area contributed by atoms with Crippen LogP contribution in [-0.2, 0) is 4.79 Å². The van der Waals surface area contributed by atoms with Crippen molar-refractivity contribution in [1.29, 1.82) is 0 Å². The van der Waals surface area contributed by atoms with Crippen molar-refractivity contribution in [3.05, 3.63) is 0 Å². The molecule has 1 heterocycles. The highest BCUT2D eigenvalue weighted by Gasteiger charge is 2.48. The quantitative estimate of drug-likeness (QED) is 0.869. The molecule has 1 N–H and O–H groups in total. The van der Waals surface area contributed by atoms with E-state index in [9.17, 15) is 4.79 Å². The van der Waals surface area contributed by atoms with Crippen LogP contribution in [0.25, 0.3) is 0 Å². The predicted octanol–water partition coefficient (Wildman–Crippen LogP) is 2.84. The molecule has 2 saturated carbocycles. The highest BCUT2D eigenvalue weighted by Crippen LogP contribution is 2.50. The Bertz CT molecular complexity index is 324. The van der Waals surface area contributed by atoms with E-state index in [1.54, 1.807) is 0 Å². The zero-order valence-electron chi connectivity index (χ0n) is 12.6. The first-order valence-electron chi connectivity index (χ1n) is 8.25. The molecule has 1 saturated heterocycles. The van der Waals surface area contributed by atoms with Crippen molar-refractivity contribution in [3.8, 4) is 0 Å². The number of amides is 1. The van der Waals surface area contributed by atoms with E-state index in [1.165, 1.54) is 38.5 Å². The average molecular weight is 301 g/mol. The number of nitrogens with zero attached hydrogens (tertiary/aromatic N) is 1. The average Bonchev–Trinajstić information content (AvgIpc) is 3.28. The van der Waals surface area contributed by atoms with E-state index in [4.69, 9.17) is 0 Å². The van der Waals surface area contributed by atoms with Crippen LogP contribution in [0.1, 0.15) is 51.4 Å². The molecule has 116 valence electrons. The molecule has 2 unspecified atom stereocenters. The monoisotopic (exact) mass is 300 g/mol. The first-order valence-corrected chi connectivity index (χ1v) is 8.25. The van der Waals surface area contributed by atoms with Gasteiger partial charge in [-0.15, -0.1) is 12.4 Å². The van der Waals surface area contributed by atoms with Gasteiger partial charge in [0.25, 0.3) is 0 Å². The number of rotatable bonds is 3. The van der Waals surface area contributed by atoms with E-state index in [-0.39, 0.29) is 12.4 Å². The minimum Gasteiger partial charge on any atom is -0.342 e. The van der Waals surface area contributed by atoms with E-state index in [0.29, 0.717) is 17.9 Å². The Morgan fingerprint density at radius 2 is 1.70 bits per heavy atom. The summed E-state index contributed by atoms with van der Waals surface area (Å²) in [5.41, 5.74) is 0. The van der Waals surface area contributed by atoms with Gasteiger partial charge in [0.2, 0.25) is 5.91 Å². The molecule has 3 nitrogen and oxygen atoms in total. The summed E-state index contributed by atoms with van der Waals surface area (Å²) in [5, 5.41) is 3.38. The van der Waals surface area contributed by atoms with Crippen LogP contribution in [0, 0.1) is 17.8 Å². The smallest absolute Gasteiger partial charge is 0.225 e. The molecule has 3 rings (SSSR count). The third-order valence-electron chi connectivity index (χ3n) is 5.62. The van der Waals surface area contributed by atoms with Gasteiger partial charge in [0.15, 0.2) is 0 Å². The molecule has 2 aliphatic carbocycles. The molecule has 0 aromatic carbocycles. The number of nitrogens with one attached hydrogen (secondary N) is 1. The van der Waals surface area contributed by atoms with Gasteiger partial charge in [0.05, 0.1) is 0 Å². The van der Waals surface area contributed by atoms with Gasteiger partial charge >= 0.3 is 0 Å². The fourth-order valence-electron chi connectivity index (χ4n) is 4.22. The predicted molar refractivity (Wildman–Crippen MR) is 84.1 cm³/mol. The van der Waals surface area contributed by atoms with Crippen LogP contribution in [0.2, 0.25) is 0 Å². The SMILES string of the molecule is CN(C(=O)C1CC1C1CCCCC1)C1CCNCC1.Cl. The van der Waals surface area contributed by atoms with Crippen molar-refractivity contribution in [2.24, 2.45) is 17.8 Å². The Kier molecular flexibility index (Phi) is 5.74. The van der Waals surface area contributed by atoms with Gasteiger partial charge < -0.3 is 10.2 Å². The van der Waals surface area contributed by atoms with Crippen LogP contribution >= 0.6 is 12.4 Å². The van der Waals surface area contributed by atoms with Gasteiger partial charge in [-0.2, -0.15) is 0 Å². The standard InChI is InChI=1S/C16H28N2O.ClH/c1-18(13-7-9-17-10-8-13)16(19)15-11-14(15)12-5-3-2-4-6-12;/h12-15,17H,2-11H2,1H3;1H. The summed E-state index contributed by atoms with van der Waals surface area (Å²) in [7, 11) is 2.04. The molecule has 3 aliphatic rings. The van der Waals surface area contributed by atoms with Gasteiger partial charge in [-0.25, -0.2) is 0 Å². The Hall–Kier alpha value is -0.280. The Morgan fingerprint density at radius 3 is 2.35 bits per heavy atom. The van der Waals surface area contributed by atoms with Gasteiger partial charge in [-0.3, -0.25) is 4.79 Å². The summed E-state index contributed by atoms with van der Waals surface area (Å²) < 4.78 is 0. The van der Waals surface area contributed by atoms with Gasteiger partial charge in [-0.1, -0.05) is 32.1 Å². The molecule has 1 amide bonds. The lowest BCUT2D eigenvalue weighted by atomic mass is 9.85. The van der Waals surface area contributed by atoms with E-state index >= 15 is 0 Å². The number of hydrogen-bond donors (Lipinski definition) is 1. The van der Waals surface area contributed by atoms with Crippen LogP contribution in [0.15, 0.2) is 0 Å². The first-order chi connectivity index (χ1) is 9.27. The maximum absolute atomic E-state index is 12.6. The summed E-state index contributed by atoms with van der Waals surface area (Å²) in [6.07, 6.45) is 10.4. The lowest BCUT2D eigenvalue weighted by Gasteiger charge is -2.32. The summed E-state index contributed by atoms with van der Waals surface area (Å²) in [4.78, 5) is 14.6. The molecule has 4 heteroatoms. The molecule has 0 spiro atoms. The number of hydrogen-bond acceptors (Lipinski definition) is 2. The topological polar surface area (TPSA) is 32.3 Å². The van der Waals surface area contributed by atoms with E-state index in [0.717, 1.165) is 37.8 Å². The normalized spacial score (nSPS) is 31.4. The maximum Gasteiger partial charge on any atom is 0.225 e.